The highest BCUT2D eigenvalue weighted by Crippen LogP contribution is 2.49. The number of benzene rings is 1. The highest BCUT2D eigenvalue weighted by Gasteiger charge is 2.46. The van der Waals surface area contributed by atoms with Crippen molar-refractivity contribution in [2.45, 2.75) is 37.3 Å². The second-order valence-electron chi connectivity index (χ2n) is 6.32. The topological polar surface area (TPSA) is 35.5 Å². The van der Waals surface area contributed by atoms with E-state index in [2.05, 4.69) is 34.5 Å². The molecule has 0 amide bonds. The zero-order valence-corrected chi connectivity index (χ0v) is 11.3. The van der Waals surface area contributed by atoms with Gasteiger partial charge in [-0.05, 0) is 43.4 Å². The molecule has 19 heavy (non-hydrogen) atoms. The van der Waals surface area contributed by atoms with Crippen molar-refractivity contribution in [1.82, 2.24) is 4.90 Å². The normalized spacial score (nSPS) is 36.5. The Bertz CT molecular complexity index is 476. The monoisotopic (exact) mass is 258 g/mol. The SMILES string of the molecule is OCCN1CCC2CC3c4ccccc4NC3C1C2. The molecule has 3 aliphatic rings. The lowest BCUT2D eigenvalue weighted by Crippen LogP contribution is -2.56. The van der Waals surface area contributed by atoms with Crippen molar-refractivity contribution < 1.29 is 5.11 Å². The number of hydrogen-bond donors (Lipinski definition) is 2. The number of rotatable bonds is 2. The van der Waals surface area contributed by atoms with Gasteiger partial charge in [0.05, 0.1) is 6.61 Å². The van der Waals surface area contributed by atoms with Crippen LogP contribution in [0.5, 0.6) is 0 Å². The van der Waals surface area contributed by atoms with Crippen LogP contribution >= 0.6 is 0 Å². The first-order chi connectivity index (χ1) is 9.36. The number of anilines is 1. The van der Waals surface area contributed by atoms with Crippen LogP contribution in [0.25, 0.3) is 0 Å². The van der Waals surface area contributed by atoms with Crippen molar-refractivity contribution in [1.29, 1.82) is 0 Å². The molecule has 2 fully saturated rings. The van der Waals surface area contributed by atoms with Crippen LogP contribution in [-0.4, -0.2) is 41.8 Å². The summed E-state index contributed by atoms with van der Waals surface area (Å²) in [6.45, 7) is 2.28. The van der Waals surface area contributed by atoms with Gasteiger partial charge in [-0.1, -0.05) is 18.2 Å². The Balaban J connectivity index is 1.66. The van der Waals surface area contributed by atoms with Crippen LogP contribution in [0.4, 0.5) is 5.69 Å². The van der Waals surface area contributed by atoms with Crippen molar-refractivity contribution in [3.8, 4) is 0 Å². The molecule has 3 nitrogen and oxygen atoms in total. The molecular formula is C16H22N2O. The van der Waals surface area contributed by atoms with Crippen LogP contribution in [0.3, 0.4) is 0 Å². The quantitative estimate of drug-likeness (QED) is 0.852. The van der Waals surface area contributed by atoms with Crippen molar-refractivity contribution >= 4 is 5.69 Å². The summed E-state index contributed by atoms with van der Waals surface area (Å²) in [6.07, 6.45) is 3.96. The number of β-amino-alcohol motifs (C(OH)–C–C–N with tert-alkyl or cyclic N) is 1. The molecule has 1 aromatic carbocycles. The maximum atomic E-state index is 9.27. The molecular weight excluding hydrogens is 236 g/mol. The predicted molar refractivity (Wildman–Crippen MR) is 76.4 cm³/mol. The summed E-state index contributed by atoms with van der Waals surface area (Å²) in [6, 6.07) is 9.97. The summed E-state index contributed by atoms with van der Waals surface area (Å²) in [5, 5.41) is 13.0. The summed E-state index contributed by atoms with van der Waals surface area (Å²) >= 11 is 0. The lowest BCUT2D eigenvalue weighted by Gasteiger charge is -2.48. The molecule has 0 spiro atoms. The molecule has 2 aliphatic heterocycles. The lowest BCUT2D eigenvalue weighted by atomic mass is 9.70. The van der Waals surface area contributed by atoms with Crippen LogP contribution in [0, 0.1) is 5.92 Å². The first-order valence-electron chi connectivity index (χ1n) is 7.57. The maximum Gasteiger partial charge on any atom is 0.0558 e. The van der Waals surface area contributed by atoms with Gasteiger partial charge in [0, 0.05) is 30.2 Å². The molecule has 1 saturated carbocycles. The average molecular weight is 258 g/mol. The van der Waals surface area contributed by atoms with E-state index in [9.17, 15) is 5.11 Å². The maximum absolute atomic E-state index is 9.27. The van der Waals surface area contributed by atoms with E-state index in [4.69, 9.17) is 0 Å². The molecule has 102 valence electrons. The van der Waals surface area contributed by atoms with Gasteiger partial charge in [0.25, 0.3) is 0 Å². The summed E-state index contributed by atoms with van der Waals surface area (Å²) in [4.78, 5) is 2.51. The molecule has 4 atom stereocenters. The van der Waals surface area contributed by atoms with Crippen molar-refractivity contribution in [3.05, 3.63) is 29.8 Å². The van der Waals surface area contributed by atoms with Gasteiger partial charge in [-0.3, -0.25) is 4.90 Å². The standard InChI is InChI=1S/C16H22N2O/c19-8-7-18-6-5-11-9-13-12-3-1-2-4-14(12)17-16(13)15(18)10-11/h1-4,11,13,15-17,19H,5-10H2. The minimum atomic E-state index is 0.283. The first-order valence-corrected chi connectivity index (χ1v) is 7.57. The number of aliphatic hydroxyl groups excluding tert-OH is 1. The molecule has 0 radical (unpaired) electrons. The van der Waals surface area contributed by atoms with Crippen LogP contribution in [0.2, 0.25) is 0 Å². The van der Waals surface area contributed by atoms with Gasteiger partial charge in [0.15, 0.2) is 0 Å². The smallest absolute Gasteiger partial charge is 0.0558 e. The van der Waals surface area contributed by atoms with Gasteiger partial charge in [-0.2, -0.15) is 0 Å². The molecule has 4 unspecified atom stereocenters. The van der Waals surface area contributed by atoms with Gasteiger partial charge < -0.3 is 10.4 Å². The van der Waals surface area contributed by atoms with E-state index in [0.717, 1.165) is 19.0 Å². The number of fused-ring (bicyclic) bond motifs is 6. The molecule has 0 aromatic heterocycles. The number of hydrogen-bond acceptors (Lipinski definition) is 3. The molecule has 3 heteroatoms. The number of piperidine rings is 1. The lowest BCUT2D eigenvalue weighted by molar-refractivity contribution is 0.0438. The van der Waals surface area contributed by atoms with Gasteiger partial charge in [-0.25, -0.2) is 0 Å². The zero-order valence-electron chi connectivity index (χ0n) is 11.3. The molecule has 2 N–H and O–H groups in total. The van der Waals surface area contributed by atoms with E-state index in [1.807, 2.05) is 0 Å². The van der Waals surface area contributed by atoms with E-state index < -0.39 is 0 Å². The highest BCUT2D eigenvalue weighted by atomic mass is 16.3. The molecule has 2 bridgehead atoms. The third kappa shape index (κ3) is 1.79. The fraction of sp³-hybridized carbons (Fsp3) is 0.625. The number of aliphatic hydroxyl groups is 1. The average Bonchev–Trinajstić information content (AvgIpc) is 2.81. The molecule has 1 aromatic rings. The summed E-state index contributed by atoms with van der Waals surface area (Å²) < 4.78 is 0. The summed E-state index contributed by atoms with van der Waals surface area (Å²) in [7, 11) is 0. The first kappa shape index (κ1) is 11.7. The van der Waals surface area contributed by atoms with Crippen LogP contribution < -0.4 is 5.32 Å². The summed E-state index contributed by atoms with van der Waals surface area (Å²) in [5.41, 5.74) is 2.86. The Hall–Kier alpha value is -1.06. The number of nitrogens with zero attached hydrogens (tertiary/aromatic N) is 1. The minimum absolute atomic E-state index is 0.283. The largest absolute Gasteiger partial charge is 0.395 e. The number of nitrogens with one attached hydrogen (secondary N) is 1. The predicted octanol–water partition coefficient (Wildman–Crippen LogP) is 2.04. The summed E-state index contributed by atoms with van der Waals surface area (Å²) in [5.74, 6) is 1.57. The van der Waals surface area contributed by atoms with Crippen LogP contribution in [-0.2, 0) is 0 Å². The fourth-order valence-electron chi connectivity index (χ4n) is 4.54. The molecule has 4 rings (SSSR count). The van der Waals surface area contributed by atoms with E-state index in [1.54, 1.807) is 0 Å². The Morgan fingerprint density at radius 3 is 3.05 bits per heavy atom. The van der Waals surface area contributed by atoms with Gasteiger partial charge >= 0.3 is 0 Å². The van der Waals surface area contributed by atoms with E-state index >= 15 is 0 Å². The fourth-order valence-corrected chi connectivity index (χ4v) is 4.54. The second kappa shape index (κ2) is 4.50. The Morgan fingerprint density at radius 2 is 2.16 bits per heavy atom. The molecule has 2 heterocycles. The van der Waals surface area contributed by atoms with E-state index in [-0.39, 0.29) is 6.61 Å². The van der Waals surface area contributed by atoms with Gasteiger partial charge in [0.1, 0.15) is 0 Å². The zero-order chi connectivity index (χ0) is 12.8. The van der Waals surface area contributed by atoms with E-state index in [0.29, 0.717) is 18.0 Å². The highest BCUT2D eigenvalue weighted by molar-refractivity contribution is 5.60. The van der Waals surface area contributed by atoms with Crippen LogP contribution in [0.15, 0.2) is 24.3 Å². The van der Waals surface area contributed by atoms with Gasteiger partial charge in [-0.15, -0.1) is 0 Å². The molecule has 1 saturated heterocycles. The molecule has 1 aliphatic carbocycles. The van der Waals surface area contributed by atoms with Crippen molar-refractivity contribution in [3.63, 3.8) is 0 Å². The third-order valence-electron chi connectivity index (χ3n) is 5.37. The Kier molecular flexibility index (Phi) is 2.78. The Morgan fingerprint density at radius 1 is 1.26 bits per heavy atom. The van der Waals surface area contributed by atoms with E-state index in [1.165, 1.54) is 30.5 Å². The van der Waals surface area contributed by atoms with Crippen LogP contribution in [0.1, 0.15) is 30.7 Å². The number of likely N-dealkylation sites (tertiary alicyclic amines) is 1. The third-order valence-corrected chi connectivity index (χ3v) is 5.37. The Labute approximate surface area is 114 Å². The minimum Gasteiger partial charge on any atom is -0.395 e. The number of para-hydroxylation sites is 1. The second-order valence-corrected chi connectivity index (χ2v) is 6.32. The van der Waals surface area contributed by atoms with Crippen molar-refractivity contribution in [2.24, 2.45) is 5.92 Å². The van der Waals surface area contributed by atoms with Crippen molar-refractivity contribution in [2.75, 3.05) is 25.0 Å². The van der Waals surface area contributed by atoms with Gasteiger partial charge in [0.2, 0.25) is 0 Å².